The van der Waals surface area contributed by atoms with Crippen LogP contribution >= 0.6 is 0 Å². The Labute approximate surface area is 129 Å². The van der Waals surface area contributed by atoms with Crippen LogP contribution in [-0.4, -0.2) is 47.4 Å². The van der Waals surface area contributed by atoms with Gasteiger partial charge in [-0.2, -0.15) is 0 Å². The van der Waals surface area contributed by atoms with Gasteiger partial charge in [0, 0.05) is 18.3 Å². The molecule has 2 saturated carbocycles. The van der Waals surface area contributed by atoms with Crippen molar-refractivity contribution in [3.05, 3.63) is 11.3 Å². The van der Waals surface area contributed by atoms with Crippen LogP contribution < -0.4 is 0 Å². The molecule has 1 heterocycles. The fourth-order valence-electron chi connectivity index (χ4n) is 5.16. The predicted molar refractivity (Wildman–Crippen MR) is 74.8 cm³/mol. The predicted octanol–water partition coefficient (Wildman–Crippen LogP) is 1.29. The van der Waals surface area contributed by atoms with Gasteiger partial charge in [0.2, 0.25) is 0 Å². The fourth-order valence-corrected chi connectivity index (χ4v) is 5.16. The molecule has 22 heavy (non-hydrogen) atoms. The highest BCUT2D eigenvalue weighted by atomic mass is 16.7. The topological polar surface area (TPSA) is 85.2 Å². The van der Waals surface area contributed by atoms with Crippen molar-refractivity contribution in [2.45, 2.75) is 43.8 Å². The Balaban J connectivity index is 1.70. The average molecular weight is 310 g/mol. The highest BCUT2D eigenvalue weighted by molar-refractivity contribution is 5.90. The molecule has 0 radical (unpaired) electrons. The van der Waals surface area contributed by atoms with E-state index < -0.39 is 17.2 Å². The molecule has 0 amide bonds. The van der Waals surface area contributed by atoms with E-state index in [1.807, 2.05) is 0 Å². The second-order valence-corrected chi connectivity index (χ2v) is 7.04. The van der Waals surface area contributed by atoms with E-state index in [4.69, 9.17) is 14.2 Å². The van der Waals surface area contributed by atoms with Gasteiger partial charge < -0.3 is 24.4 Å². The zero-order valence-electron chi connectivity index (χ0n) is 12.7. The van der Waals surface area contributed by atoms with Gasteiger partial charge in [0.15, 0.2) is 0 Å². The van der Waals surface area contributed by atoms with Crippen LogP contribution in [0.1, 0.15) is 32.6 Å². The summed E-state index contributed by atoms with van der Waals surface area (Å²) in [6.07, 6.45) is 2.10. The molecule has 0 aromatic heterocycles. The van der Waals surface area contributed by atoms with Gasteiger partial charge >= 0.3 is 5.97 Å². The number of aliphatic hydroxyl groups excluding tert-OH is 1. The number of hydrogen-bond donors (Lipinski definition) is 2. The van der Waals surface area contributed by atoms with Gasteiger partial charge in [-0.05, 0) is 32.1 Å². The highest BCUT2D eigenvalue weighted by Gasteiger charge is 2.69. The first kappa shape index (κ1) is 14.5. The molecule has 3 fully saturated rings. The largest absolute Gasteiger partial charge is 0.512 e. The number of rotatable bonds is 2. The van der Waals surface area contributed by atoms with Crippen molar-refractivity contribution in [1.29, 1.82) is 0 Å². The van der Waals surface area contributed by atoms with E-state index in [0.29, 0.717) is 25.0 Å². The molecule has 2 bridgehead atoms. The zero-order valence-corrected chi connectivity index (χ0v) is 12.7. The molecule has 4 rings (SSSR count). The summed E-state index contributed by atoms with van der Waals surface area (Å²) in [4.78, 5) is 12.2. The highest BCUT2D eigenvalue weighted by Crippen LogP contribution is 2.64. The summed E-state index contributed by atoms with van der Waals surface area (Å²) in [5.74, 6) is -0.414. The minimum atomic E-state index is -0.989. The quantitative estimate of drug-likeness (QED) is 0.748. The lowest BCUT2D eigenvalue weighted by molar-refractivity contribution is -0.343. The summed E-state index contributed by atoms with van der Waals surface area (Å²) in [7, 11) is 0. The van der Waals surface area contributed by atoms with Crippen LogP contribution in [0.2, 0.25) is 0 Å². The Kier molecular flexibility index (Phi) is 3.09. The monoisotopic (exact) mass is 310 g/mol. The van der Waals surface area contributed by atoms with Crippen LogP contribution in [0, 0.1) is 17.8 Å². The Hall–Kier alpha value is -1.11. The first-order chi connectivity index (χ1) is 10.5. The van der Waals surface area contributed by atoms with Gasteiger partial charge in [0.1, 0.15) is 12.6 Å². The third kappa shape index (κ3) is 1.74. The van der Waals surface area contributed by atoms with Crippen LogP contribution in [-0.2, 0) is 19.0 Å². The van der Waals surface area contributed by atoms with Crippen LogP contribution in [0.4, 0.5) is 0 Å². The average Bonchev–Trinajstić information content (AvgIpc) is 2.40. The van der Waals surface area contributed by atoms with Gasteiger partial charge in [0.05, 0.1) is 30.0 Å². The smallest absolute Gasteiger partial charge is 0.337 e. The molecular weight excluding hydrogens is 288 g/mol. The molecule has 1 saturated heterocycles. The first-order valence-corrected chi connectivity index (χ1v) is 8.03. The van der Waals surface area contributed by atoms with Gasteiger partial charge in [-0.25, -0.2) is 4.79 Å². The molecular formula is C16H22O6. The molecule has 4 aliphatic rings. The molecule has 2 N–H and O–H groups in total. The molecule has 0 aromatic rings. The van der Waals surface area contributed by atoms with Gasteiger partial charge in [-0.3, -0.25) is 0 Å². The minimum Gasteiger partial charge on any atom is -0.512 e. The number of ether oxygens (including phenoxy) is 3. The molecule has 0 aromatic carbocycles. The van der Waals surface area contributed by atoms with E-state index in [2.05, 4.69) is 0 Å². The van der Waals surface area contributed by atoms with E-state index in [9.17, 15) is 15.0 Å². The lowest BCUT2D eigenvalue weighted by atomic mass is 9.45. The summed E-state index contributed by atoms with van der Waals surface area (Å²) in [6.45, 7) is 2.89. The van der Waals surface area contributed by atoms with Crippen molar-refractivity contribution in [3.63, 3.8) is 0 Å². The zero-order chi connectivity index (χ0) is 15.5. The Morgan fingerprint density at radius 1 is 1.45 bits per heavy atom. The molecule has 1 aliphatic heterocycles. The number of fused-ring (bicyclic) bond motifs is 3. The summed E-state index contributed by atoms with van der Waals surface area (Å²) < 4.78 is 16.4. The Bertz CT molecular complexity index is 543. The van der Waals surface area contributed by atoms with Crippen molar-refractivity contribution in [3.8, 4) is 0 Å². The third-order valence-electron chi connectivity index (χ3n) is 6.03. The van der Waals surface area contributed by atoms with Crippen LogP contribution in [0.5, 0.6) is 0 Å². The fraction of sp³-hybridized carbons (Fsp3) is 0.812. The molecule has 1 spiro atoms. The summed E-state index contributed by atoms with van der Waals surface area (Å²) in [6, 6.07) is 0. The Morgan fingerprint density at radius 3 is 3.00 bits per heavy atom. The molecule has 6 heteroatoms. The molecule has 3 aliphatic carbocycles. The third-order valence-corrected chi connectivity index (χ3v) is 6.03. The number of esters is 1. The summed E-state index contributed by atoms with van der Waals surface area (Å²) in [5, 5.41) is 21.4. The maximum absolute atomic E-state index is 12.2. The number of aliphatic hydroxyl groups is 2. The molecule has 122 valence electrons. The van der Waals surface area contributed by atoms with E-state index in [1.165, 1.54) is 0 Å². The van der Waals surface area contributed by atoms with Crippen LogP contribution in [0.25, 0.3) is 0 Å². The maximum Gasteiger partial charge on any atom is 0.337 e. The van der Waals surface area contributed by atoms with Crippen molar-refractivity contribution in [2.24, 2.45) is 17.8 Å². The van der Waals surface area contributed by atoms with Crippen molar-refractivity contribution in [1.82, 2.24) is 0 Å². The van der Waals surface area contributed by atoms with Crippen molar-refractivity contribution < 1.29 is 29.2 Å². The minimum absolute atomic E-state index is 0.0102. The standard InChI is InChI=1S/C16H22O6/c1-2-21-14(18)13-9-4-15(19,6-11(13)17)12-3-10-7-20-8-22-16(10,12)5-9/h9-10,12,17,19H,2-8H2,1H3/t9-,10-,12?,15+,16+/m0/s1. The number of carbonyl (C=O) groups is 1. The van der Waals surface area contributed by atoms with E-state index in [-0.39, 0.29) is 43.3 Å². The van der Waals surface area contributed by atoms with Crippen LogP contribution in [0.15, 0.2) is 11.3 Å². The lowest BCUT2D eigenvalue weighted by Crippen LogP contribution is -2.72. The first-order valence-electron chi connectivity index (χ1n) is 8.03. The number of hydrogen-bond acceptors (Lipinski definition) is 6. The molecule has 5 atom stereocenters. The molecule has 6 nitrogen and oxygen atoms in total. The second-order valence-electron chi connectivity index (χ2n) is 7.04. The van der Waals surface area contributed by atoms with E-state index in [0.717, 1.165) is 6.42 Å². The van der Waals surface area contributed by atoms with Crippen molar-refractivity contribution in [2.75, 3.05) is 20.0 Å². The Morgan fingerprint density at radius 2 is 2.27 bits per heavy atom. The SMILES string of the molecule is CCOC(=O)C1=C(O)C[C@]2(O)C[C@H]1C[C@@]13OCOC[C@@H]1CC23. The maximum atomic E-state index is 12.2. The van der Waals surface area contributed by atoms with Gasteiger partial charge in [-0.15, -0.1) is 0 Å². The van der Waals surface area contributed by atoms with E-state index >= 15 is 0 Å². The number of carbonyl (C=O) groups excluding carboxylic acids is 1. The van der Waals surface area contributed by atoms with Crippen LogP contribution in [0.3, 0.4) is 0 Å². The summed E-state index contributed by atoms with van der Waals surface area (Å²) in [5.41, 5.74) is -1.06. The van der Waals surface area contributed by atoms with Gasteiger partial charge in [0.25, 0.3) is 0 Å². The van der Waals surface area contributed by atoms with Gasteiger partial charge in [-0.1, -0.05) is 0 Å². The van der Waals surface area contributed by atoms with E-state index in [1.54, 1.807) is 6.92 Å². The normalized spacial score (nSPS) is 46.4. The summed E-state index contributed by atoms with van der Waals surface area (Å²) >= 11 is 0. The molecule has 1 unspecified atom stereocenters. The lowest BCUT2D eigenvalue weighted by Gasteiger charge is -2.67. The van der Waals surface area contributed by atoms with Crippen molar-refractivity contribution >= 4 is 5.97 Å². The second kappa shape index (κ2) is 4.69.